The van der Waals surface area contributed by atoms with Gasteiger partial charge in [-0.1, -0.05) is 19.1 Å². The smallest absolute Gasteiger partial charge is 0.119 e. The van der Waals surface area contributed by atoms with Gasteiger partial charge in [0, 0.05) is 0 Å². The van der Waals surface area contributed by atoms with E-state index in [-0.39, 0.29) is 6.10 Å². The lowest BCUT2D eigenvalue weighted by Gasteiger charge is -2.14. The van der Waals surface area contributed by atoms with E-state index in [0.29, 0.717) is 5.92 Å². The molecule has 14 heavy (non-hydrogen) atoms. The van der Waals surface area contributed by atoms with Crippen LogP contribution < -0.4 is 4.74 Å². The average molecular weight is 194 g/mol. The first-order valence-corrected chi connectivity index (χ1v) is 4.95. The molecule has 0 aliphatic carbocycles. The predicted molar refractivity (Wildman–Crippen MR) is 57.7 cm³/mol. The normalized spacial score (nSPS) is 14.9. The number of methoxy groups -OCH3 is 1. The average Bonchev–Trinajstić information content (AvgIpc) is 2.17. The lowest BCUT2D eigenvalue weighted by atomic mass is 9.95. The predicted octanol–water partition coefficient (Wildman–Crippen LogP) is 2.57. The Labute approximate surface area is 85.5 Å². The van der Waals surface area contributed by atoms with Crippen LogP contribution in [-0.2, 0) is 0 Å². The molecule has 2 unspecified atom stereocenters. The van der Waals surface area contributed by atoms with Gasteiger partial charge >= 0.3 is 0 Å². The lowest BCUT2D eigenvalue weighted by Crippen LogP contribution is -2.05. The number of benzene rings is 1. The molecule has 0 aromatic heterocycles. The van der Waals surface area contributed by atoms with Crippen LogP contribution in [0.15, 0.2) is 24.3 Å². The molecule has 1 aromatic carbocycles. The molecule has 2 heteroatoms. The van der Waals surface area contributed by atoms with E-state index in [1.807, 2.05) is 25.1 Å². The topological polar surface area (TPSA) is 29.5 Å². The molecule has 0 radical (unpaired) electrons. The molecule has 1 N–H and O–H groups in total. The van der Waals surface area contributed by atoms with Crippen molar-refractivity contribution in [3.63, 3.8) is 0 Å². The molecular weight excluding hydrogens is 176 g/mol. The highest BCUT2D eigenvalue weighted by molar-refractivity contribution is 5.30. The zero-order chi connectivity index (χ0) is 10.6. The summed E-state index contributed by atoms with van der Waals surface area (Å²) in [7, 11) is 1.67. The van der Waals surface area contributed by atoms with Crippen LogP contribution in [0.5, 0.6) is 5.75 Å². The highest BCUT2D eigenvalue weighted by atomic mass is 16.5. The summed E-state index contributed by atoms with van der Waals surface area (Å²) in [5, 5.41) is 9.28. The van der Waals surface area contributed by atoms with Gasteiger partial charge in [-0.05, 0) is 37.0 Å². The molecule has 0 bridgehead atoms. The van der Waals surface area contributed by atoms with Crippen molar-refractivity contribution in [1.29, 1.82) is 0 Å². The van der Waals surface area contributed by atoms with E-state index in [1.165, 1.54) is 5.56 Å². The summed E-state index contributed by atoms with van der Waals surface area (Å²) in [6, 6.07) is 7.99. The van der Waals surface area contributed by atoms with Gasteiger partial charge in [0.15, 0.2) is 0 Å². The summed E-state index contributed by atoms with van der Waals surface area (Å²) in [4.78, 5) is 0. The minimum Gasteiger partial charge on any atom is -0.497 e. The Balaban J connectivity index is 2.73. The number of hydrogen-bond acceptors (Lipinski definition) is 2. The van der Waals surface area contributed by atoms with Crippen molar-refractivity contribution in [2.75, 3.05) is 7.11 Å². The maximum absolute atomic E-state index is 9.28. The Morgan fingerprint density at radius 1 is 1.36 bits per heavy atom. The Morgan fingerprint density at radius 3 is 2.64 bits per heavy atom. The molecule has 1 rings (SSSR count). The first-order chi connectivity index (χ1) is 6.63. The standard InChI is InChI=1S/C12H18O2/c1-9(7-10(2)13)11-5-4-6-12(8-11)14-3/h4-6,8-10,13H,7H2,1-3H3. The van der Waals surface area contributed by atoms with E-state index in [9.17, 15) is 5.11 Å². The van der Waals surface area contributed by atoms with Crippen molar-refractivity contribution in [3.05, 3.63) is 29.8 Å². The van der Waals surface area contributed by atoms with Gasteiger partial charge in [0.25, 0.3) is 0 Å². The molecule has 0 aliphatic heterocycles. The first kappa shape index (κ1) is 11.1. The molecule has 1 aromatic rings. The fraction of sp³-hybridized carbons (Fsp3) is 0.500. The van der Waals surface area contributed by atoms with E-state index in [4.69, 9.17) is 4.74 Å². The first-order valence-electron chi connectivity index (χ1n) is 4.95. The highest BCUT2D eigenvalue weighted by Crippen LogP contribution is 2.23. The molecule has 0 heterocycles. The zero-order valence-electron chi connectivity index (χ0n) is 9.03. The number of aliphatic hydroxyl groups is 1. The summed E-state index contributed by atoms with van der Waals surface area (Å²) >= 11 is 0. The van der Waals surface area contributed by atoms with Gasteiger partial charge in [-0.3, -0.25) is 0 Å². The van der Waals surface area contributed by atoms with Crippen LogP contribution in [0.2, 0.25) is 0 Å². The van der Waals surface area contributed by atoms with Gasteiger partial charge in [0.1, 0.15) is 5.75 Å². The van der Waals surface area contributed by atoms with Crippen LogP contribution in [0.25, 0.3) is 0 Å². The number of rotatable bonds is 4. The second-order valence-electron chi connectivity index (χ2n) is 3.76. The lowest BCUT2D eigenvalue weighted by molar-refractivity contribution is 0.176. The van der Waals surface area contributed by atoms with E-state index < -0.39 is 0 Å². The SMILES string of the molecule is COc1cccc(C(C)CC(C)O)c1. The van der Waals surface area contributed by atoms with Gasteiger partial charge in [0.2, 0.25) is 0 Å². The fourth-order valence-electron chi connectivity index (χ4n) is 1.60. The molecular formula is C12H18O2. The second-order valence-corrected chi connectivity index (χ2v) is 3.76. The minimum absolute atomic E-state index is 0.254. The van der Waals surface area contributed by atoms with E-state index in [0.717, 1.165) is 12.2 Å². The van der Waals surface area contributed by atoms with E-state index in [2.05, 4.69) is 13.0 Å². The van der Waals surface area contributed by atoms with Gasteiger partial charge in [-0.25, -0.2) is 0 Å². The fourth-order valence-corrected chi connectivity index (χ4v) is 1.60. The molecule has 0 spiro atoms. The van der Waals surface area contributed by atoms with E-state index in [1.54, 1.807) is 7.11 Å². The van der Waals surface area contributed by atoms with Crippen LogP contribution in [0.1, 0.15) is 31.7 Å². The second kappa shape index (κ2) is 5.01. The van der Waals surface area contributed by atoms with Gasteiger partial charge in [-0.2, -0.15) is 0 Å². The molecule has 0 saturated carbocycles. The third-order valence-corrected chi connectivity index (χ3v) is 2.36. The summed E-state index contributed by atoms with van der Waals surface area (Å²) in [5.41, 5.74) is 1.21. The number of aliphatic hydroxyl groups excluding tert-OH is 1. The minimum atomic E-state index is -0.254. The molecule has 0 saturated heterocycles. The van der Waals surface area contributed by atoms with Gasteiger partial charge in [0.05, 0.1) is 13.2 Å². The largest absolute Gasteiger partial charge is 0.497 e. The van der Waals surface area contributed by atoms with Crippen molar-refractivity contribution in [2.24, 2.45) is 0 Å². The van der Waals surface area contributed by atoms with Crippen molar-refractivity contribution in [2.45, 2.75) is 32.3 Å². The maximum Gasteiger partial charge on any atom is 0.119 e. The van der Waals surface area contributed by atoms with Gasteiger partial charge < -0.3 is 9.84 Å². The Hall–Kier alpha value is -1.02. The van der Waals surface area contributed by atoms with Gasteiger partial charge in [-0.15, -0.1) is 0 Å². The van der Waals surface area contributed by atoms with Crippen LogP contribution in [0, 0.1) is 0 Å². The van der Waals surface area contributed by atoms with Crippen LogP contribution >= 0.6 is 0 Å². The van der Waals surface area contributed by atoms with Crippen molar-refractivity contribution in [3.8, 4) is 5.75 Å². The monoisotopic (exact) mass is 194 g/mol. The molecule has 78 valence electrons. The number of hydrogen-bond donors (Lipinski definition) is 1. The van der Waals surface area contributed by atoms with Crippen LogP contribution in [-0.4, -0.2) is 18.3 Å². The van der Waals surface area contributed by atoms with Crippen LogP contribution in [0.3, 0.4) is 0 Å². The zero-order valence-corrected chi connectivity index (χ0v) is 9.03. The summed E-state index contributed by atoms with van der Waals surface area (Å²) < 4.78 is 5.15. The molecule has 0 amide bonds. The molecule has 2 nitrogen and oxygen atoms in total. The third-order valence-electron chi connectivity index (χ3n) is 2.36. The summed E-state index contributed by atoms with van der Waals surface area (Å²) in [5.74, 6) is 1.24. The Morgan fingerprint density at radius 2 is 2.07 bits per heavy atom. The maximum atomic E-state index is 9.28. The Bertz CT molecular complexity index is 281. The Kier molecular flexibility index (Phi) is 3.96. The molecule has 0 aliphatic rings. The summed E-state index contributed by atoms with van der Waals surface area (Å²) in [6.07, 6.45) is 0.531. The van der Waals surface area contributed by atoms with Crippen molar-refractivity contribution in [1.82, 2.24) is 0 Å². The van der Waals surface area contributed by atoms with Crippen LogP contribution in [0.4, 0.5) is 0 Å². The molecule has 0 fully saturated rings. The van der Waals surface area contributed by atoms with Crippen molar-refractivity contribution >= 4 is 0 Å². The highest BCUT2D eigenvalue weighted by Gasteiger charge is 2.09. The quantitative estimate of drug-likeness (QED) is 0.798. The number of ether oxygens (including phenoxy) is 1. The third kappa shape index (κ3) is 3.04. The van der Waals surface area contributed by atoms with Crippen molar-refractivity contribution < 1.29 is 9.84 Å². The van der Waals surface area contributed by atoms with E-state index >= 15 is 0 Å². The molecule has 2 atom stereocenters. The summed E-state index contributed by atoms with van der Waals surface area (Å²) in [6.45, 7) is 3.93.